The summed E-state index contributed by atoms with van der Waals surface area (Å²) in [5.41, 5.74) is -0.978. The fourth-order valence-electron chi connectivity index (χ4n) is 1.77. The van der Waals surface area contributed by atoms with Gasteiger partial charge >= 0.3 is 11.9 Å². The molecule has 1 unspecified atom stereocenters. The van der Waals surface area contributed by atoms with Crippen molar-refractivity contribution in [2.75, 3.05) is 6.61 Å². The van der Waals surface area contributed by atoms with Gasteiger partial charge in [-0.25, -0.2) is 4.79 Å². The van der Waals surface area contributed by atoms with E-state index in [4.69, 9.17) is 9.84 Å². The molecule has 23 heavy (non-hydrogen) atoms. The van der Waals surface area contributed by atoms with E-state index < -0.39 is 35.0 Å². The monoisotopic (exact) mass is 329 g/mol. The number of carboxylic acids is 1. The van der Waals surface area contributed by atoms with Gasteiger partial charge in [-0.3, -0.25) is 4.79 Å². The highest BCUT2D eigenvalue weighted by atomic mass is 19.3. The lowest BCUT2D eigenvalue weighted by Crippen LogP contribution is -2.48. The summed E-state index contributed by atoms with van der Waals surface area (Å²) in [4.78, 5) is 22.9. The number of carbonyl (C=O) groups is 2. The first-order valence-electron chi connectivity index (χ1n) is 7.15. The average Bonchev–Trinajstić information content (AvgIpc) is 2.45. The van der Waals surface area contributed by atoms with Crippen molar-refractivity contribution in [3.8, 4) is 0 Å². The second-order valence-corrected chi connectivity index (χ2v) is 6.05. The summed E-state index contributed by atoms with van der Waals surface area (Å²) < 4.78 is 33.5. The van der Waals surface area contributed by atoms with Crippen LogP contribution in [0.2, 0.25) is 0 Å². The Kier molecular flexibility index (Phi) is 6.20. The van der Waals surface area contributed by atoms with E-state index >= 15 is 0 Å². The molecular weight excluding hydrogens is 308 g/mol. The summed E-state index contributed by atoms with van der Waals surface area (Å²) in [6.45, 7) is 5.37. The first-order valence-corrected chi connectivity index (χ1v) is 7.15. The number of rotatable bonds is 7. The van der Waals surface area contributed by atoms with Crippen LogP contribution >= 0.6 is 0 Å². The van der Waals surface area contributed by atoms with Crippen molar-refractivity contribution in [1.82, 2.24) is 5.32 Å². The van der Waals surface area contributed by atoms with E-state index in [2.05, 4.69) is 0 Å². The molecule has 0 aromatic heterocycles. The van der Waals surface area contributed by atoms with Crippen molar-refractivity contribution >= 4 is 11.9 Å². The fraction of sp³-hybridized carbons (Fsp3) is 0.500. The van der Waals surface area contributed by atoms with E-state index in [0.717, 1.165) is 12.1 Å². The maximum Gasteiger partial charge on any atom is 0.349 e. The molecule has 0 fully saturated rings. The van der Waals surface area contributed by atoms with E-state index in [1.165, 1.54) is 12.1 Å². The lowest BCUT2D eigenvalue weighted by molar-refractivity contribution is -0.152. The van der Waals surface area contributed by atoms with Crippen LogP contribution in [-0.4, -0.2) is 35.2 Å². The van der Waals surface area contributed by atoms with Gasteiger partial charge in [0.05, 0.1) is 5.60 Å². The largest absolute Gasteiger partial charge is 0.480 e. The lowest BCUT2D eigenvalue weighted by atomic mass is 10.1. The van der Waals surface area contributed by atoms with Gasteiger partial charge in [0.1, 0.15) is 6.04 Å². The number of ether oxygens (including phenoxy) is 1. The van der Waals surface area contributed by atoms with E-state index in [0.29, 0.717) is 0 Å². The highest BCUT2D eigenvalue weighted by Gasteiger charge is 2.42. The molecule has 128 valence electrons. The predicted octanol–water partition coefficient (Wildman–Crippen LogP) is 2.55. The van der Waals surface area contributed by atoms with Gasteiger partial charge < -0.3 is 15.2 Å². The molecular formula is C16H21F2NO4. The van der Waals surface area contributed by atoms with Crippen LogP contribution in [0.4, 0.5) is 8.78 Å². The summed E-state index contributed by atoms with van der Waals surface area (Å²) in [5, 5.41) is 10.9. The number of carbonyl (C=O) groups excluding carboxylic acids is 1. The molecule has 0 saturated carbocycles. The number of halogens is 2. The van der Waals surface area contributed by atoms with Crippen LogP contribution in [-0.2, 0) is 20.2 Å². The third-order valence-electron chi connectivity index (χ3n) is 2.97. The molecule has 0 radical (unpaired) electrons. The van der Waals surface area contributed by atoms with Gasteiger partial charge in [0.2, 0.25) is 0 Å². The Bertz CT molecular complexity index is 541. The number of alkyl halides is 2. The van der Waals surface area contributed by atoms with E-state index in [1.807, 2.05) is 5.32 Å². The van der Waals surface area contributed by atoms with Crippen molar-refractivity contribution < 1.29 is 28.2 Å². The normalized spacial score (nSPS) is 13.4. The Morgan fingerprint density at radius 2 is 1.78 bits per heavy atom. The fourth-order valence-corrected chi connectivity index (χ4v) is 1.77. The third kappa shape index (κ3) is 5.94. The molecule has 2 N–H and O–H groups in total. The zero-order valence-corrected chi connectivity index (χ0v) is 13.3. The SMILES string of the molecule is CC(C)(C)OCCC(NC(=O)C(F)(F)c1ccccc1)C(=O)O. The maximum absolute atomic E-state index is 14.0. The number of aliphatic carboxylic acids is 1. The molecule has 0 heterocycles. The minimum Gasteiger partial charge on any atom is -0.480 e. The second kappa shape index (κ2) is 7.50. The van der Waals surface area contributed by atoms with Crippen molar-refractivity contribution in [1.29, 1.82) is 0 Å². The number of nitrogens with one attached hydrogen (secondary N) is 1. The van der Waals surface area contributed by atoms with Crippen molar-refractivity contribution in [3.63, 3.8) is 0 Å². The molecule has 0 saturated heterocycles. The molecule has 0 aliphatic carbocycles. The smallest absolute Gasteiger partial charge is 0.349 e. The highest BCUT2D eigenvalue weighted by Crippen LogP contribution is 2.28. The zero-order chi connectivity index (χ0) is 17.7. The predicted molar refractivity (Wildman–Crippen MR) is 80.2 cm³/mol. The van der Waals surface area contributed by atoms with Crippen LogP contribution < -0.4 is 5.32 Å². The number of hydrogen-bond donors (Lipinski definition) is 2. The molecule has 0 aliphatic heterocycles. The molecule has 7 heteroatoms. The van der Waals surface area contributed by atoms with Gasteiger partial charge in [0.15, 0.2) is 0 Å². The zero-order valence-electron chi connectivity index (χ0n) is 13.3. The Morgan fingerprint density at radius 1 is 1.22 bits per heavy atom. The van der Waals surface area contributed by atoms with E-state index in [9.17, 15) is 18.4 Å². The molecule has 1 rings (SSSR count). The van der Waals surface area contributed by atoms with Gasteiger partial charge in [-0.15, -0.1) is 0 Å². The minimum atomic E-state index is -3.81. The van der Waals surface area contributed by atoms with Crippen LogP contribution in [0.5, 0.6) is 0 Å². The van der Waals surface area contributed by atoms with Crippen molar-refractivity contribution in [2.24, 2.45) is 0 Å². The molecule has 0 spiro atoms. The Morgan fingerprint density at radius 3 is 2.26 bits per heavy atom. The summed E-state index contributed by atoms with van der Waals surface area (Å²) in [6.07, 6.45) is -0.108. The van der Waals surface area contributed by atoms with Crippen LogP contribution in [0.15, 0.2) is 30.3 Å². The standard InChI is InChI=1S/C16H21F2NO4/c1-15(2,3)23-10-9-12(13(20)21)19-14(22)16(17,18)11-7-5-4-6-8-11/h4-8,12H,9-10H2,1-3H3,(H,19,22)(H,20,21). The number of carboxylic acid groups (broad SMARTS) is 1. The molecule has 5 nitrogen and oxygen atoms in total. The van der Waals surface area contributed by atoms with E-state index in [1.54, 1.807) is 26.8 Å². The third-order valence-corrected chi connectivity index (χ3v) is 2.97. The number of hydrogen-bond acceptors (Lipinski definition) is 3. The van der Waals surface area contributed by atoms with Gasteiger partial charge in [0, 0.05) is 18.6 Å². The summed E-state index contributed by atoms with van der Waals surface area (Å²) in [6, 6.07) is 5.07. The molecule has 1 aromatic rings. The lowest BCUT2D eigenvalue weighted by Gasteiger charge is -2.23. The van der Waals surface area contributed by atoms with Gasteiger partial charge in [-0.2, -0.15) is 8.78 Å². The Balaban J connectivity index is 2.72. The number of amides is 1. The first-order chi connectivity index (χ1) is 10.5. The Hall–Kier alpha value is -2.02. The second-order valence-electron chi connectivity index (χ2n) is 6.05. The summed E-state index contributed by atoms with van der Waals surface area (Å²) in [7, 11) is 0. The van der Waals surface area contributed by atoms with Gasteiger partial charge in [-0.05, 0) is 20.8 Å². The summed E-state index contributed by atoms with van der Waals surface area (Å²) in [5.74, 6) is -6.84. The van der Waals surface area contributed by atoms with Crippen LogP contribution in [0.25, 0.3) is 0 Å². The number of benzene rings is 1. The average molecular weight is 329 g/mol. The molecule has 1 atom stereocenters. The van der Waals surface area contributed by atoms with E-state index in [-0.39, 0.29) is 13.0 Å². The van der Waals surface area contributed by atoms with Crippen LogP contribution in [0.3, 0.4) is 0 Å². The highest BCUT2D eigenvalue weighted by molar-refractivity contribution is 5.88. The van der Waals surface area contributed by atoms with Crippen molar-refractivity contribution in [2.45, 2.75) is 44.8 Å². The van der Waals surface area contributed by atoms with Gasteiger partial charge in [-0.1, -0.05) is 30.3 Å². The molecule has 0 bridgehead atoms. The maximum atomic E-state index is 14.0. The van der Waals surface area contributed by atoms with Crippen LogP contribution in [0, 0.1) is 0 Å². The minimum absolute atomic E-state index is 0.0255. The Labute approximate surface area is 133 Å². The van der Waals surface area contributed by atoms with Crippen LogP contribution in [0.1, 0.15) is 32.8 Å². The molecule has 1 amide bonds. The first kappa shape index (κ1) is 19.0. The van der Waals surface area contributed by atoms with Gasteiger partial charge in [0.25, 0.3) is 5.91 Å². The summed E-state index contributed by atoms with van der Waals surface area (Å²) >= 11 is 0. The molecule has 0 aliphatic rings. The quantitative estimate of drug-likeness (QED) is 0.806. The van der Waals surface area contributed by atoms with Crippen molar-refractivity contribution in [3.05, 3.63) is 35.9 Å². The topological polar surface area (TPSA) is 75.6 Å². The molecule has 1 aromatic carbocycles.